The van der Waals surface area contributed by atoms with Gasteiger partial charge in [-0.25, -0.2) is 4.79 Å². The molecule has 136 valence electrons. The van der Waals surface area contributed by atoms with E-state index in [1.165, 1.54) is 14.0 Å². The zero-order valence-corrected chi connectivity index (χ0v) is 14.6. The Hall–Kier alpha value is -2.41. The van der Waals surface area contributed by atoms with Gasteiger partial charge in [-0.1, -0.05) is 26.0 Å². The Kier molecular flexibility index (Phi) is 6.14. The van der Waals surface area contributed by atoms with E-state index in [2.05, 4.69) is 0 Å². The fraction of sp³-hybridized carbons (Fsp3) is 0.500. The molecule has 0 amide bonds. The van der Waals surface area contributed by atoms with Crippen molar-refractivity contribution in [3.05, 3.63) is 29.8 Å². The highest BCUT2D eigenvalue weighted by molar-refractivity contribution is 5.79. The lowest BCUT2D eigenvalue weighted by Gasteiger charge is -2.42. The second-order valence-electron chi connectivity index (χ2n) is 6.01. The van der Waals surface area contributed by atoms with Gasteiger partial charge in [-0.2, -0.15) is 0 Å². The number of ether oxygens (including phenoxy) is 4. The second-order valence-corrected chi connectivity index (χ2v) is 6.01. The summed E-state index contributed by atoms with van der Waals surface area (Å²) < 4.78 is 21.6. The molecule has 2 rings (SSSR count). The third-order valence-corrected chi connectivity index (χ3v) is 4.38. The Labute approximate surface area is 146 Å². The molecular weight excluding hydrogens is 328 g/mol. The van der Waals surface area contributed by atoms with E-state index < -0.39 is 30.4 Å². The van der Waals surface area contributed by atoms with Gasteiger partial charge in [0.2, 0.25) is 6.29 Å². The maximum atomic E-state index is 12.1. The quantitative estimate of drug-likeness (QED) is 0.592. The van der Waals surface area contributed by atoms with Gasteiger partial charge in [0.1, 0.15) is 11.9 Å². The zero-order valence-electron chi connectivity index (χ0n) is 14.6. The molecule has 0 N–H and O–H groups in total. The molecular formula is C18H22O7. The molecule has 1 aliphatic heterocycles. The number of carbonyl (C=O) groups excluding carboxylic acids is 3. The molecule has 25 heavy (non-hydrogen) atoms. The molecule has 0 unspecified atom stereocenters. The molecule has 0 spiro atoms. The Morgan fingerprint density at radius 2 is 1.84 bits per heavy atom. The van der Waals surface area contributed by atoms with E-state index in [-0.39, 0.29) is 11.8 Å². The van der Waals surface area contributed by atoms with E-state index in [1.807, 2.05) is 13.8 Å². The molecule has 1 fully saturated rings. The highest BCUT2D eigenvalue weighted by Gasteiger charge is 2.48. The minimum atomic E-state index is -1.10. The van der Waals surface area contributed by atoms with Crippen molar-refractivity contribution in [1.82, 2.24) is 0 Å². The lowest BCUT2D eigenvalue weighted by atomic mass is 9.84. The number of para-hydroxylation sites is 1. The molecule has 1 heterocycles. The van der Waals surface area contributed by atoms with Crippen LogP contribution < -0.4 is 4.74 Å². The van der Waals surface area contributed by atoms with Crippen LogP contribution in [0.3, 0.4) is 0 Å². The van der Waals surface area contributed by atoms with Gasteiger partial charge in [0, 0.05) is 18.8 Å². The summed E-state index contributed by atoms with van der Waals surface area (Å²) in [5, 5.41) is 0. The molecule has 1 aromatic carbocycles. The molecule has 0 bridgehead atoms. The Morgan fingerprint density at radius 1 is 1.16 bits per heavy atom. The van der Waals surface area contributed by atoms with Gasteiger partial charge in [0.05, 0.1) is 12.7 Å². The van der Waals surface area contributed by atoms with Gasteiger partial charge in [0.15, 0.2) is 12.4 Å². The van der Waals surface area contributed by atoms with Gasteiger partial charge >= 0.3 is 11.9 Å². The van der Waals surface area contributed by atoms with Gasteiger partial charge in [-0.05, 0) is 12.1 Å². The Morgan fingerprint density at radius 3 is 2.44 bits per heavy atom. The zero-order chi connectivity index (χ0) is 18.6. The lowest BCUT2D eigenvalue weighted by Crippen LogP contribution is -2.55. The van der Waals surface area contributed by atoms with Crippen LogP contribution in [0.15, 0.2) is 24.3 Å². The first kappa shape index (κ1) is 18.9. The fourth-order valence-electron chi connectivity index (χ4n) is 2.78. The standard InChI is InChI=1S/C18H22O7/c1-10-11(2)18(24-14-8-6-5-7-13(14)9-19)25-16(17(21)22-4)15(10)23-12(3)20/h5-11,15-16,18H,1-4H3/t10-,11-,15+,16+,18-/m1/s1. The van der Waals surface area contributed by atoms with Crippen molar-refractivity contribution in [2.24, 2.45) is 11.8 Å². The van der Waals surface area contributed by atoms with Gasteiger partial charge in [-0.15, -0.1) is 0 Å². The predicted octanol–water partition coefficient (Wildman–Crippen LogP) is 1.98. The summed E-state index contributed by atoms with van der Waals surface area (Å²) in [6.07, 6.45) is -1.99. The summed E-state index contributed by atoms with van der Waals surface area (Å²) >= 11 is 0. The summed E-state index contributed by atoms with van der Waals surface area (Å²) in [6.45, 7) is 4.98. The average molecular weight is 350 g/mol. The second kappa shape index (κ2) is 8.11. The van der Waals surface area contributed by atoms with E-state index >= 15 is 0 Å². The number of hydrogen-bond donors (Lipinski definition) is 0. The number of aldehydes is 1. The summed E-state index contributed by atoms with van der Waals surface area (Å²) in [6, 6.07) is 6.73. The first-order valence-corrected chi connectivity index (χ1v) is 8.00. The van der Waals surface area contributed by atoms with Crippen LogP contribution in [-0.4, -0.2) is 43.8 Å². The first-order chi connectivity index (χ1) is 11.9. The van der Waals surface area contributed by atoms with Crippen LogP contribution in [0, 0.1) is 11.8 Å². The van der Waals surface area contributed by atoms with Crippen LogP contribution in [0.25, 0.3) is 0 Å². The molecule has 0 radical (unpaired) electrons. The average Bonchev–Trinajstić information content (AvgIpc) is 2.60. The SMILES string of the molecule is COC(=O)[C@H]1O[C@@H](Oc2ccccc2C=O)[C@H](C)[C@@H](C)[C@@H]1OC(C)=O. The van der Waals surface area contributed by atoms with Crippen LogP contribution in [0.4, 0.5) is 0 Å². The molecule has 0 aliphatic carbocycles. The summed E-state index contributed by atoms with van der Waals surface area (Å²) in [4.78, 5) is 34.6. The fourth-order valence-corrected chi connectivity index (χ4v) is 2.78. The van der Waals surface area contributed by atoms with E-state index in [0.717, 1.165) is 0 Å². The van der Waals surface area contributed by atoms with E-state index in [0.29, 0.717) is 17.6 Å². The first-order valence-electron chi connectivity index (χ1n) is 8.00. The van der Waals surface area contributed by atoms with Crippen molar-refractivity contribution in [3.8, 4) is 5.75 Å². The molecule has 1 aliphatic rings. The number of benzene rings is 1. The van der Waals surface area contributed by atoms with E-state index in [4.69, 9.17) is 18.9 Å². The van der Waals surface area contributed by atoms with Crippen LogP contribution in [0.1, 0.15) is 31.1 Å². The number of rotatable bonds is 5. The van der Waals surface area contributed by atoms with Crippen molar-refractivity contribution >= 4 is 18.2 Å². The van der Waals surface area contributed by atoms with Crippen molar-refractivity contribution in [1.29, 1.82) is 0 Å². The van der Waals surface area contributed by atoms with Crippen molar-refractivity contribution < 1.29 is 33.3 Å². The largest absolute Gasteiger partial charge is 0.467 e. The molecule has 7 nitrogen and oxygen atoms in total. The summed E-state index contributed by atoms with van der Waals surface area (Å²) in [5.41, 5.74) is 0.377. The van der Waals surface area contributed by atoms with Gasteiger partial charge in [0.25, 0.3) is 0 Å². The van der Waals surface area contributed by atoms with E-state index in [9.17, 15) is 14.4 Å². The number of methoxy groups -OCH3 is 1. The third kappa shape index (κ3) is 4.17. The van der Waals surface area contributed by atoms with Crippen LogP contribution in [-0.2, 0) is 23.8 Å². The maximum Gasteiger partial charge on any atom is 0.339 e. The molecule has 0 aromatic heterocycles. The summed E-state index contributed by atoms with van der Waals surface area (Å²) in [7, 11) is 1.23. The number of esters is 2. The Balaban J connectivity index is 2.27. The summed E-state index contributed by atoms with van der Waals surface area (Å²) in [5.74, 6) is -1.23. The highest BCUT2D eigenvalue weighted by Crippen LogP contribution is 2.35. The molecule has 5 atom stereocenters. The topological polar surface area (TPSA) is 88.1 Å². The third-order valence-electron chi connectivity index (χ3n) is 4.38. The lowest BCUT2D eigenvalue weighted by molar-refractivity contribution is -0.243. The molecule has 1 aromatic rings. The maximum absolute atomic E-state index is 12.1. The van der Waals surface area contributed by atoms with Gasteiger partial charge in [-0.3, -0.25) is 9.59 Å². The smallest absolute Gasteiger partial charge is 0.339 e. The van der Waals surface area contributed by atoms with E-state index in [1.54, 1.807) is 24.3 Å². The Bertz CT molecular complexity index is 642. The van der Waals surface area contributed by atoms with Crippen LogP contribution in [0.5, 0.6) is 5.75 Å². The molecule has 0 saturated carbocycles. The van der Waals surface area contributed by atoms with Crippen LogP contribution in [0.2, 0.25) is 0 Å². The predicted molar refractivity (Wildman–Crippen MR) is 87.0 cm³/mol. The minimum Gasteiger partial charge on any atom is -0.467 e. The monoisotopic (exact) mass is 350 g/mol. The normalized spacial score (nSPS) is 28.7. The molecule has 7 heteroatoms. The minimum absolute atomic E-state index is 0.204. The number of hydrogen-bond acceptors (Lipinski definition) is 7. The van der Waals surface area contributed by atoms with Crippen molar-refractivity contribution in [2.45, 2.75) is 39.3 Å². The number of carbonyl (C=O) groups is 3. The molecule has 1 saturated heterocycles. The van der Waals surface area contributed by atoms with Crippen molar-refractivity contribution in [2.75, 3.05) is 7.11 Å². The van der Waals surface area contributed by atoms with Crippen molar-refractivity contribution in [3.63, 3.8) is 0 Å². The van der Waals surface area contributed by atoms with Crippen LogP contribution >= 0.6 is 0 Å². The van der Waals surface area contributed by atoms with Gasteiger partial charge < -0.3 is 18.9 Å². The highest BCUT2D eigenvalue weighted by atomic mass is 16.7.